The maximum Gasteiger partial charge on any atom is 0.0468 e. The Morgan fingerprint density at radius 2 is 1.68 bits per heavy atom. The van der Waals surface area contributed by atoms with Crippen molar-refractivity contribution in [2.45, 2.75) is 45.4 Å². The molecule has 0 N–H and O–H groups in total. The summed E-state index contributed by atoms with van der Waals surface area (Å²) in [5.74, 6) is 0. The van der Waals surface area contributed by atoms with Gasteiger partial charge in [-0.05, 0) is 41.7 Å². The molecule has 0 aliphatic heterocycles. The third kappa shape index (κ3) is 6.03. The first-order valence-corrected chi connectivity index (χ1v) is 8.63. The molecule has 2 aromatic carbocycles. The van der Waals surface area contributed by atoms with Crippen LogP contribution in [-0.2, 0) is 4.74 Å². The van der Waals surface area contributed by atoms with Crippen LogP contribution in [0, 0.1) is 0 Å². The standard InChI is InChI=1S/C21H28O/c1-2-3-4-9-16-22-17-10-5-6-11-19-14-15-20-12-7-8-13-21(20)18-19/h6-8,11-15,18H,2-5,9-10,16-17H2,1H3/b11-6+. The van der Waals surface area contributed by atoms with E-state index < -0.39 is 0 Å². The average Bonchev–Trinajstić information content (AvgIpc) is 2.56. The molecule has 0 fully saturated rings. The minimum atomic E-state index is 0.883. The lowest BCUT2D eigenvalue weighted by molar-refractivity contribution is 0.128. The second-order valence-corrected chi connectivity index (χ2v) is 5.82. The van der Waals surface area contributed by atoms with Gasteiger partial charge in [-0.1, -0.05) is 74.7 Å². The summed E-state index contributed by atoms with van der Waals surface area (Å²) in [5, 5.41) is 2.61. The summed E-state index contributed by atoms with van der Waals surface area (Å²) in [7, 11) is 0. The normalized spacial score (nSPS) is 11.5. The van der Waals surface area contributed by atoms with E-state index in [-0.39, 0.29) is 0 Å². The Bertz CT molecular complexity index is 571. The third-order valence-corrected chi connectivity index (χ3v) is 3.89. The van der Waals surface area contributed by atoms with E-state index >= 15 is 0 Å². The SMILES string of the molecule is CCCCCCOCCC/C=C/c1ccc2ccccc2c1. The second-order valence-electron chi connectivity index (χ2n) is 5.82. The van der Waals surface area contributed by atoms with E-state index in [1.807, 2.05) is 0 Å². The van der Waals surface area contributed by atoms with Crippen LogP contribution in [0.15, 0.2) is 48.5 Å². The van der Waals surface area contributed by atoms with Crippen LogP contribution in [0.25, 0.3) is 16.8 Å². The number of rotatable bonds is 10. The molecule has 1 nitrogen and oxygen atoms in total. The molecule has 0 aromatic heterocycles. The molecule has 2 rings (SSSR count). The van der Waals surface area contributed by atoms with Gasteiger partial charge in [0.2, 0.25) is 0 Å². The Kier molecular flexibility index (Phi) is 7.76. The number of ether oxygens (including phenoxy) is 1. The summed E-state index contributed by atoms with van der Waals surface area (Å²) in [6.45, 7) is 4.05. The van der Waals surface area contributed by atoms with Gasteiger partial charge >= 0.3 is 0 Å². The first-order valence-electron chi connectivity index (χ1n) is 8.63. The van der Waals surface area contributed by atoms with Crippen LogP contribution < -0.4 is 0 Å². The number of hydrogen-bond donors (Lipinski definition) is 0. The summed E-state index contributed by atoms with van der Waals surface area (Å²) >= 11 is 0. The largest absolute Gasteiger partial charge is 0.381 e. The van der Waals surface area contributed by atoms with E-state index in [0.717, 1.165) is 26.1 Å². The molecule has 0 atom stereocenters. The van der Waals surface area contributed by atoms with Gasteiger partial charge in [0, 0.05) is 13.2 Å². The fourth-order valence-electron chi connectivity index (χ4n) is 2.57. The highest BCUT2D eigenvalue weighted by Crippen LogP contribution is 2.16. The maximum atomic E-state index is 5.66. The van der Waals surface area contributed by atoms with Crippen molar-refractivity contribution in [1.82, 2.24) is 0 Å². The van der Waals surface area contributed by atoms with Crippen molar-refractivity contribution < 1.29 is 4.74 Å². The zero-order valence-electron chi connectivity index (χ0n) is 13.8. The predicted octanol–water partition coefficient (Wildman–Crippen LogP) is 6.23. The Labute approximate surface area is 135 Å². The summed E-state index contributed by atoms with van der Waals surface area (Å²) in [5.41, 5.74) is 1.28. The Morgan fingerprint density at radius 1 is 0.864 bits per heavy atom. The Balaban J connectivity index is 1.62. The van der Waals surface area contributed by atoms with Gasteiger partial charge in [-0.3, -0.25) is 0 Å². The molecule has 0 aliphatic carbocycles. The van der Waals surface area contributed by atoms with Crippen molar-refractivity contribution in [1.29, 1.82) is 0 Å². The fraction of sp³-hybridized carbons (Fsp3) is 0.429. The van der Waals surface area contributed by atoms with Gasteiger partial charge < -0.3 is 4.74 Å². The molecular weight excluding hydrogens is 268 g/mol. The average molecular weight is 296 g/mol. The van der Waals surface area contributed by atoms with Crippen LogP contribution >= 0.6 is 0 Å². The van der Waals surface area contributed by atoms with E-state index in [1.54, 1.807) is 0 Å². The molecule has 0 unspecified atom stereocenters. The molecule has 22 heavy (non-hydrogen) atoms. The number of unbranched alkanes of at least 4 members (excludes halogenated alkanes) is 4. The second kappa shape index (κ2) is 10.2. The summed E-state index contributed by atoms with van der Waals surface area (Å²) in [6.07, 6.45) is 11.8. The van der Waals surface area contributed by atoms with Crippen LogP contribution in [0.5, 0.6) is 0 Å². The minimum absolute atomic E-state index is 0.883. The summed E-state index contributed by atoms with van der Waals surface area (Å²) in [4.78, 5) is 0. The Hall–Kier alpha value is -1.60. The number of allylic oxidation sites excluding steroid dienone is 1. The topological polar surface area (TPSA) is 9.23 Å². The molecule has 0 radical (unpaired) electrons. The highest BCUT2D eigenvalue weighted by Gasteiger charge is 1.93. The van der Waals surface area contributed by atoms with Gasteiger partial charge in [0.25, 0.3) is 0 Å². The number of fused-ring (bicyclic) bond motifs is 1. The molecule has 0 saturated heterocycles. The van der Waals surface area contributed by atoms with Crippen LogP contribution in [0.3, 0.4) is 0 Å². The fourth-order valence-corrected chi connectivity index (χ4v) is 2.57. The van der Waals surface area contributed by atoms with Crippen molar-refractivity contribution in [2.24, 2.45) is 0 Å². The van der Waals surface area contributed by atoms with Gasteiger partial charge in [-0.25, -0.2) is 0 Å². The van der Waals surface area contributed by atoms with E-state index in [9.17, 15) is 0 Å². The van der Waals surface area contributed by atoms with Crippen LogP contribution in [0.1, 0.15) is 51.0 Å². The maximum absolute atomic E-state index is 5.66. The highest BCUT2D eigenvalue weighted by molar-refractivity contribution is 5.84. The Morgan fingerprint density at radius 3 is 2.55 bits per heavy atom. The van der Waals surface area contributed by atoms with E-state index in [1.165, 1.54) is 42.0 Å². The molecule has 0 heterocycles. The first kappa shape index (κ1) is 16.8. The molecule has 2 aromatic rings. The zero-order valence-corrected chi connectivity index (χ0v) is 13.8. The molecule has 0 amide bonds. The van der Waals surface area contributed by atoms with Crippen LogP contribution in [0.2, 0.25) is 0 Å². The van der Waals surface area contributed by atoms with Crippen molar-refractivity contribution >= 4 is 16.8 Å². The van der Waals surface area contributed by atoms with Crippen molar-refractivity contribution in [2.75, 3.05) is 13.2 Å². The van der Waals surface area contributed by atoms with Crippen molar-refractivity contribution in [3.05, 3.63) is 54.1 Å². The molecule has 1 heteroatoms. The highest BCUT2D eigenvalue weighted by atomic mass is 16.5. The lowest BCUT2D eigenvalue weighted by atomic mass is 10.1. The van der Waals surface area contributed by atoms with Crippen molar-refractivity contribution in [3.63, 3.8) is 0 Å². The molecule has 0 saturated carbocycles. The molecule has 0 bridgehead atoms. The molecule has 118 valence electrons. The van der Waals surface area contributed by atoms with Crippen LogP contribution in [0.4, 0.5) is 0 Å². The third-order valence-electron chi connectivity index (χ3n) is 3.89. The zero-order chi connectivity index (χ0) is 15.5. The monoisotopic (exact) mass is 296 g/mol. The van der Waals surface area contributed by atoms with Gasteiger partial charge in [0.1, 0.15) is 0 Å². The van der Waals surface area contributed by atoms with Gasteiger partial charge in [0.05, 0.1) is 0 Å². The minimum Gasteiger partial charge on any atom is -0.381 e. The molecule has 0 spiro atoms. The quantitative estimate of drug-likeness (QED) is 0.472. The summed E-state index contributed by atoms with van der Waals surface area (Å²) < 4.78 is 5.66. The van der Waals surface area contributed by atoms with Gasteiger partial charge in [-0.2, -0.15) is 0 Å². The molecule has 0 aliphatic rings. The first-order chi connectivity index (χ1) is 10.9. The van der Waals surface area contributed by atoms with E-state index in [0.29, 0.717) is 0 Å². The van der Waals surface area contributed by atoms with Crippen molar-refractivity contribution in [3.8, 4) is 0 Å². The van der Waals surface area contributed by atoms with Gasteiger partial charge in [0.15, 0.2) is 0 Å². The predicted molar refractivity (Wildman–Crippen MR) is 97.2 cm³/mol. The number of hydrogen-bond acceptors (Lipinski definition) is 1. The molecular formula is C21H28O. The van der Waals surface area contributed by atoms with E-state index in [4.69, 9.17) is 4.74 Å². The lowest BCUT2D eigenvalue weighted by Crippen LogP contribution is -1.96. The lowest BCUT2D eigenvalue weighted by Gasteiger charge is -2.02. The smallest absolute Gasteiger partial charge is 0.0468 e. The van der Waals surface area contributed by atoms with E-state index in [2.05, 4.69) is 61.5 Å². The van der Waals surface area contributed by atoms with Crippen LogP contribution in [-0.4, -0.2) is 13.2 Å². The van der Waals surface area contributed by atoms with Gasteiger partial charge in [-0.15, -0.1) is 0 Å². The summed E-state index contributed by atoms with van der Waals surface area (Å²) in [6, 6.07) is 15.1. The number of benzene rings is 2.